The van der Waals surface area contributed by atoms with E-state index >= 15 is 0 Å². The van der Waals surface area contributed by atoms with E-state index in [1.54, 1.807) is 6.07 Å². The van der Waals surface area contributed by atoms with Gasteiger partial charge in [0.15, 0.2) is 0 Å². The normalized spacial score (nSPS) is 12.8. The molecule has 1 N–H and O–H groups in total. The van der Waals surface area contributed by atoms with Crippen molar-refractivity contribution in [1.29, 1.82) is 0 Å². The number of rotatable bonds is 5. The Kier molecular flexibility index (Phi) is 5.44. The van der Waals surface area contributed by atoms with Crippen LogP contribution in [0.25, 0.3) is 0 Å². The Morgan fingerprint density at radius 2 is 2.07 bits per heavy atom. The summed E-state index contributed by atoms with van der Waals surface area (Å²) in [6, 6.07) is 6.23. The van der Waals surface area contributed by atoms with Crippen LogP contribution in [0.1, 0.15) is 25.8 Å². The molecule has 0 aliphatic heterocycles. The minimum Gasteiger partial charge on any atom is -0.314 e. The van der Waals surface area contributed by atoms with E-state index in [4.69, 9.17) is 23.2 Å². The molecule has 0 fully saturated rings. The Morgan fingerprint density at radius 1 is 1.33 bits per heavy atom. The first-order valence-corrected chi connectivity index (χ1v) is 6.06. The largest absolute Gasteiger partial charge is 0.314 e. The van der Waals surface area contributed by atoms with Crippen molar-refractivity contribution < 1.29 is 0 Å². The zero-order chi connectivity index (χ0) is 11.3. The van der Waals surface area contributed by atoms with E-state index in [9.17, 15) is 0 Å². The van der Waals surface area contributed by atoms with E-state index in [0.717, 1.165) is 30.0 Å². The Balaban J connectivity index is 2.44. The van der Waals surface area contributed by atoms with Crippen LogP contribution in [-0.2, 0) is 6.42 Å². The van der Waals surface area contributed by atoms with Gasteiger partial charge in [0.25, 0.3) is 0 Å². The fraction of sp³-hybridized carbons (Fsp3) is 0.500. The van der Waals surface area contributed by atoms with Gasteiger partial charge in [-0.1, -0.05) is 36.2 Å². The lowest BCUT2D eigenvalue weighted by molar-refractivity contribution is 0.537. The second-order valence-corrected chi connectivity index (χ2v) is 4.59. The van der Waals surface area contributed by atoms with Crippen LogP contribution in [0, 0.1) is 0 Å². The summed E-state index contributed by atoms with van der Waals surface area (Å²) in [7, 11) is 0. The Labute approximate surface area is 102 Å². The molecule has 0 spiro atoms. The van der Waals surface area contributed by atoms with E-state index in [0.29, 0.717) is 11.1 Å². The number of hydrogen-bond acceptors (Lipinski definition) is 1. The van der Waals surface area contributed by atoms with Crippen molar-refractivity contribution in [3.05, 3.63) is 33.8 Å². The summed E-state index contributed by atoms with van der Waals surface area (Å²) in [5.41, 5.74) is 1.15. The molecular weight excluding hydrogens is 229 g/mol. The predicted molar refractivity (Wildman–Crippen MR) is 67.9 cm³/mol. The van der Waals surface area contributed by atoms with Gasteiger partial charge in [-0.2, -0.15) is 0 Å². The maximum atomic E-state index is 6.07. The molecule has 3 heteroatoms. The van der Waals surface area contributed by atoms with Crippen LogP contribution >= 0.6 is 23.2 Å². The zero-order valence-electron chi connectivity index (χ0n) is 9.19. The highest BCUT2D eigenvalue weighted by Crippen LogP contribution is 2.21. The maximum absolute atomic E-state index is 6.07. The summed E-state index contributed by atoms with van der Waals surface area (Å²) < 4.78 is 0. The molecule has 0 aromatic heterocycles. The summed E-state index contributed by atoms with van der Waals surface area (Å²) in [5, 5.41) is 4.88. The van der Waals surface area contributed by atoms with E-state index in [1.165, 1.54) is 0 Å². The molecule has 0 radical (unpaired) electrons. The molecule has 0 saturated heterocycles. The van der Waals surface area contributed by atoms with Crippen LogP contribution in [-0.4, -0.2) is 12.6 Å². The maximum Gasteiger partial charge on any atom is 0.0453 e. The minimum absolute atomic E-state index is 0.566. The summed E-state index contributed by atoms with van der Waals surface area (Å²) in [5.74, 6) is 0. The zero-order valence-corrected chi connectivity index (χ0v) is 10.7. The monoisotopic (exact) mass is 245 g/mol. The van der Waals surface area contributed by atoms with Crippen LogP contribution in [0.4, 0.5) is 0 Å². The summed E-state index contributed by atoms with van der Waals surface area (Å²) in [6.07, 6.45) is 2.09. The third kappa shape index (κ3) is 4.42. The highest BCUT2D eigenvalue weighted by Gasteiger charge is 2.02. The lowest BCUT2D eigenvalue weighted by Crippen LogP contribution is -2.27. The molecule has 15 heavy (non-hydrogen) atoms. The predicted octanol–water partition coefficient (Wildman–Crippen LogP) is 3.92. The average Bonchev–Trinajstić information content (AvgIpc) is 2.21. The SMILES string of the molecule is CCC(C)NCCc1ccc(Cl)cc1Cl. The summed E-state index contributed by atoms with van der Waals surface area (Å²) in [4.78, 5) is 0. The number of hydrogen-bond donors (Lipinski definition) is 1. The van der Waals surface area contributed by atoms with Gasteiger partial charge in [0.05, 0.1) is 0 Å². The molecule has 1 aromatic rings. The molecule has 1 rings (SSSR count). The van der Waals surface area contributed by atoms with Gasteiger partial charge in [-0.05, 0) is 44.0 Å². The molecule has 1 nitrogen and oxygen atoms in total. The molecule has 0 bridgehead atoms. The minimum atomic E-state index is 0.566. The smallest absolute Gasteiger partial charge is 0.0453 e. The lowest BCUT2D eigenvalue weighted by Gasteiger charge is -2.11. The van der Waals surface area contributed by atoms with Gasteiger partial charge in [0.1, 0.15) is 0 Å². The molecule has 0 amide bonds. The van der Waals surface area contributed by atoms with Gasteiger partial charge in [-0.25, -0.2) is 0 Å². The van der Waals surface area contributed by atoms with Crippen molar-refractivity contribution in [2.75, 3.05) is 6.54 Å². The molecule has 1 unspecified atom stereocenters. The molecule has 1 aromatic carbocycles. The van der Waals surface area contributed by atoms with Gasteiger partial charge in [-0.15, -0.1) is 0 Å². The second kappa shape index (κ2) is 6.37. The fourth-order valence-electron chi connectivity index (χ4n) is 1.32. The summed E-state index contributed by atoms with van der Waals surface area (Å²) in [6.45, 7) is 5.31. The quantitative estimate of drug-likeness (QED) is 0.830. The van der Waals surface area contributed by atoms with Gasteiger partial charge >= 0.3 is 0 Å². The standard InChI is InChI=1S/C12H17Cl2N/c1-3-9(2)15-7-6-10-4-5-11(13)8-12(10)14/h4-5,8-9,15H,3,6-7H2,1-2H3. The van der Waals surface area contributed by atoms with Crippen LogP contribution in [0.3, 0.4) is 0 Å². The molecule has 1 atom stereocenters. The third-order valence-corrected chi connectivity index (χ3v) is 3.10. The van der Waals surface area contributed by atoms with E-state index in [2.05, 4.69) is 19.2 Å². The molecule has 0 heterocycles. The topological polar surface area (TPSA) is 12.0 Å². The first-order chi connectivity index (χ1) is 7.13. The molecule has 0 saturated carbocycles. The van der Waals surface area contributed by atoms with Crippen molar-refractivity contribution in [2.24, 2.45) is 0 Å². The molecule has 84 valence electrons. The van der Waals surface area contributed by atoms with E-state index < -0.39 is 0 Å². The Morgan fingerprint density at radius 3 is 2.67 bits per heavy atom. The average molecular weight is 246 g/mol. The van der Waals surface area contributed by atoms with Crippen LogP contribution in [0.2, 0.25) is 10.0 Å². The van der Waals surface area contributed by atoms with Crippen molar-refractivity contribution in [3.8, 4) is 0 Å². The van der Waals surface area contributed by atoms with Crippen molar-refractivity contribution >= 4 is 23.2 Å². The molecule has 0 aliphatic carbocycles. The Hall–Kier alpha value is -0.240. The third-order valence-electron chi connectivity index (χ3n) is 2.51. The van der Waals surface area contributed by atoms with Crippen molar-refractivity contribution in [2.45, 2.75) is 32.7 Å². The van der Waals surface area contributed by atoms with Crippen LogP contribution in [0.15, 0.2) is 18.2 Å². The highest BCUT2D eigenvalue weighted by molar-refractivity contribution is 6.35. The second-order valence-electron chi connectivity index (χ2n) is 3.75. The first-order valence-electron chi connectivity index (χ1n) is 5.30. The lowest BCUT2D eigenvalue weighted by atomic mass is 10.1. The van der Waals surface area contributed by atoms with Gasteiger partial charge in [0.2, 0.25) is 0 Å². The van der Waals surface area contributed by atoms with Crippen molar-refractivity contribution in [1.82, 2.24) is 5.32 Å². The number of benzene rings is 1. The molecular formula is C12H17Cl2N. The Bertz CT molecular complexity index is 312. The number of nitrogens with one attached hydrogen (secondary N) is 1. The highest BCUT2D eigenvalue weighted by atomic mass is 35.5. The van der Waals surface area contributed by atoms with Gasteiger partial charge < -0.3 is 5.32 Å². The first kappa shape index (κ1) is 12.8. The number of halogens is 2. The van der Waals surface area contributed by atoms with E-state index in [-0.39, 0.29) is 0 Å². The van der Waals surface area contributed by atoms with Crippen molar-refractivity contribution in [3.63, 3.8) is 0 Å². The van der Waals surface area contributed by atoms with Gasteiger partial charge in [-0.3, -0.25) is 0 Å². The molecule has 0 aliphatic rings. The summed E-state index contributed by atoms with van der Waals surface area (Å²) >= 11 is 11.9. The van der Waals surface area contributed by atoms with Crippen LogP contribution in [0.5, 0.6) is 0 Å². The fourth-order valence-corrected chi connectivity index (χ4v) is 1.82. The van der Waals surface area contributed by atoms with E-state index in [1.807, 2.05) is 12.1 Å². The van der Waals surface area contributed by atoms with Crippen LogP contribution < -0.4 is 5.32 Å². The van der Waals surface area contributed by atoms with Gasteiger partial charge in [0, 0.05) is 16.1 Å².